The summed E-state index contributed by atoms with van der Waals surface area (Å²) >= 11 is 0. The van der Waals surface area contributed by atoms with Gasteiger partial charge >= 0.3 is 0 Å². The van der Waals surface area contributed by atoms with Gasteiger partial charge in [-0.05, 0) is 50.2 Å². The molecule has 2 aliphatic heterocycles. The molecule has 4 nitrogen and oxygen atoms in total. The van der Waals surface area contributed by atoms with E-state index in [2.05, 4.69) is 0 Å². The first kappa shape index (κ1) is 18.1. The largest absolute Gasteiger partial charge is 0.342 e. The summed E-state index contributed by atoms with van der Waals surface area (Å²) < 4.78 is 27.1. The number of hydrogen-bond acceptors (Lipinski definition) is 2. The molecule has 1 aromatic carbocycles. The number of halogens is 2. The Bertz CT molecular complexity index is 775. The van der Waals surface area contributed by atoms with Crippen LogP contribution in [0.1, 0.15) is 37.7 Å². The maximum Gasteiger partial charge on any atom is 0.246 e. The van der Waals surface area contributed by atoms with Crippen LogP contribution in [0.5, 0.6) is 0 Å². The third-order valence-corrected chi connectivity index (χ3v) is 5.98. The van der Waals surface area contributed by atoms with E-state index in [1.54, 1.807) is 0 Å². The standard InChI is InChI=1S/C21H24F2N2O2/c22-17-5-1-3-14(20(17)23)8-9-19(26)25-11-2-4-16-13-24(12-10-18(16)25)21(27)15-6-7-15/h1,3,5,8-9,15-16,18H,2,4,6-7,10-13H2/b9-8+/t16-,18+/m1/s1. The predicted molar refractivity (Wildman–Crippen MR) is 97.5 cm³/mol. The highest BCUT2D eigenvalue weighted by Gasteiger charge is 2.41. The Morgan fingerprint density at radius 3 is 2.67 bits per heavy atom. The maximum absolute atomic E-state index is 13.8. The first-order valence-electron chi connectivity index (χ1n) is 9.76. The van der Waals surface area contributed by atoms with E-state index < -0.39 is 11.6 Å². The van der Waals surface area contributed by atoms with E-state index in [-0.39, 0.29) is 29.3 Å². The Morgan fingerprint density at radius 1 is 1.07 bits per heavy atom. The SMILES string of the molecule is O=C(C1CC1)N1CC[C@H]2[C@H](CCCN2C(=O)/C=C/c2cccc(F)c2F)C1. The molecular formula is C21H24F2N2O2. The number of fused-ring (bicyclic) bond motifs is 1. The van der Waals surface area contributed by atoms with E-state index in [1.165, 1.54) is 24.3 Å². The quantitative estimate of drug-likeness (QED) is 0.762. The summed E-state index contributed by atoms with van der Waals surface area (Å²) in [6, 6.07) is 4.05. The highest BCUT2D eigenvalue weighted by molar-refractivity contribution is 5.92. The molecule has 1 aromatic rings. The minimum Gasteiger partial charge on any atom is -0.342 e. The van der Waals surface area contributed by atoms with Gasteiger partial charge in [-0.15, -0.1) is 0 Å². The van der Waals surface area contributed by atoms with Crippen LogP contribution in [0, 0.1) is 23.5 Å². The number of amides is 2. The Hall–Kier alpha value is -2.24. The number of rotatable bonds is 3. The molecule has 0 spiro atoms. The molecule has 1 saturated carbocycles. The molecule has 4 rings (SSSR count). The minimum absolute atomic E-state index is 0.0711. The molecule has 3 aliphatic rings. The maximum atomic E-state index is 13.8. The van der Waals surface area contributed by atoms with Gasteiger partial charge < -0.3 is 9.80 Å². The van der Waals surface area contributed by atoms with Crippen LogP contribution in [0.2, 0.25) is 0 Å². The summed E-state index contributed by atoms with van der Waals surface area (Å²) in [5.41, 5.74) is 0.0711. The first-order valence-corrected chi connectivity index (χ1v) is 9.76. The van der Waals surface area contributed by atoms with Crippen molar-refractivity contribution in [1.29, 1.82) is 0 Å². The van der Waals surface area contributed by atoms with Crippen LogP contribution >= 0.6 is 0 Å². The molecule has 2 amide bonds. The van der Waals surface area contributed by atoms with Gasteiger partial charge in [-0.2, -0.15) is 0 Å². The topological polar surface area (TPSA) is 40.6 Å². The molecule has 0 radical (unpaired) electrons. The lowest BCUT2D eigenvalue weighted by Gasteiger charge is -2.47. The van der Waals surface area contributed by atoms with Crippen molar-refractivity contribution in [1.82, 2.24) is 9.80 Å². The van der Waals surface area contributed by atoms with Crippen LogP contribution in [-0.2, 0) is 9.59 Å². The molecule has 0 N–H and O–H groups in total. The molecule has 1 aliphatic carbocycles. The zero-order valence-electron chi connectivity index (χ0n) is 15.2. The number of carbonyl (C=O) groups is 2. The highest BCUT2D eigenvalue weighted by Crippen LogP contribution is 2.35. The fourth-order valence-electron chi connectivity index (χ4n) is 4.37. The van der Waals surface area contributed by atoms with Gasteiger partial charge in [-0.1, -0.05) is 12.1 Å². The minimum atomic E-state index is -0.940. The van der Waals surface area contributed by atoms with Crippen LogP contribution in [0.3, 0.4) is 0 Å². The molecule has 144 valence electrons. The van der Waals surface area contributed by atoms with Crippen LogP contribution < -0.4 is 0 Å². The Morgan fingerprint density at radius 2 is 1.89 bits per heavy atom. The number of piperidine rings is 2. The molecule has 2 heterocycles. The Labute approximate surface area is 157 Å². The zero-order chi connectivity index (χ0) is 19.0. The normalized spacial score (nSPS) is 25.6. The zero-order valence-corrected chi connectivity index (χ0v) is 15.2. The van der Waals surface area contributed by atoms with Crippen molar-refractivity contribution in [2.24, 2.45) is 11.8 Å². The van der Waals surface area contributed by atoms with Crippen molar-refractivity contribution in [2.75, 3.05) is 19.6 Å². The van der Waals surface area contributed by atoms with Crippen molar-refractivity contribution in [3.8, 4) is 0 Å². The second kappa shape index (κ2) is 7.41. The average molecular weight is 374 g/mol. The summed E-state index contributed by atoms with van der Waals surface area (Å²) in [5.74, 6) is -1.22. The number of likely N-dealkylation sites (tertiary alicyclic amines) is 2. The van der Waals surface area contributed by atoms with E-state index in [9.17, 15) is 18.4 Å². The molecule has 2 atom stereocenters. The number of carbonyl (C=O) groups excluding carboxylic acids is 2. The van der Waals surface area contributed by atoms with Crippen LogP contribution in [-0.4, -0.2) is 47.3 Å². The average Bonchev–Trinajstić information content (AvgIpc) is 3.52. The molecule has 3 fully saturated rings. The highest BCUT2D eigenvalue weighted by atomic mass is 19.2. The fraction of sp³-hybridized carbons (Fsp3) is 0.524. The Balaban J connectivity index is 1.42. The van der Waals surface area contributed by atoms with Gasteiger partial charge in [0, 0.05) is 43.2 Å². The molecule has 27 heavy (non-hydrogen) atoms. The van der Waals surface area contributed by atoms with Crippen molar-refractivity contribution >= 4 is 17.9 Å². The lowest BCUT2D eigenvalue weighted by molar-refractivity contribution is -0.139. The monoisotopic (exact) mass is 374 g/mol. The molecule has 0 aromatic heterocycles. The van der Waals surface area contributed by atoms with E-state index in [0.29, 0.717) is 19.0 Å². The van der Waals surface area contributed by atoms with E-state index in [1.807, 2.05) is 9.80 Å². The van der Waals surface area contributed by atoms with Crippen LogP contribution in [0.4, 0.5) is 8.78 Å². The van der Waals surface area contributed by atoms with Crippen LogP contribution in [0.15, 0.2) is 24.3 Å². The van der Waals surface area contributed by atoms with Gasteiger partial charge in [0.1, 0.15) is 0 Å². The van der Waals surface area contributed by atoms with Crippen molar-refractivity contribution < 1.29 is 18.4 Å². The van der Waals surface area contributed by atoms with Crippen molar-refractivity contribution in [3.63, 3.8) is 0 Å². The summed E-state index contributed by atoms with van der Waals surface area (Å²) in [4.78, 5) is 28.9. The van der Waals surface area contributed by atoms with Gasteiger partial charge in [0.2, 0.25) is 11.8 Å². The smallest absolute Gasteiger partial charge is 0.246 e. The summed E-state index contributed by atoms with van der Waals surface area (Å²) in [5, 5.41) is 0. The van der Waals surface area contributed by atoms with E-state index in [0.717, 1.165) is 44.7 Å². The molecular weight excluding hydrogens is 350 g/mol. The van der Waals surface area contributed by atoms with Gasteiger partial charge in [0.05, 0.1) is 0 Å². The lowest BCUT2D eigenvalue weighted by atomic mass is 9.83. The number of hydrogen-bond donors (Lipinski definition) is 0. The third kappa shape index (κ3) is 3.75. The second-order valence-corrected chi connectivity index (χ2v) is 7.82. The first-order chi connectivity index (χ1) is 13.0. The number of nitrogens with zero attached hydrogens (tertiary/aromatic N) is 2. The second-order valence-electron chi connectivity index (χ2n) is 7.82. The fourth-order valence-corrected chi connectivity index (χ4v) is 4.37. The molecule has 0 unspecified atom stereocenters. The summed E-state index contributed by atoms with van der Waals surface area (Å²) in [6.45, 7) is 2.10. The van der Waals surface area contributed by atoms with Gasteiger partial charge in [0.25, 0.3) is 0 Å². The Kier molecular flexibility index (Phi) is 4.98. The third-order valence-electron chi connectivity index (χ3n) is 5.98. The number of benzene rings is 1. The van der Waals surface area contributed by atoms with E-state index >= 15 is 0 Å². The molecule has 0 bridgehead atoms. The van der Waals surface area contributed by atoms with Gasteiger partial charge in [-0.25, -0.2) is 8.78 Å². The summed E-state index contributed by atoms with van der Waals surface area (Å²) in [7, 11) is 0. The van der Waals surface area contributed by atoms with Crippen LogP contribution in [0.25, 0.3) is 6.08 Å². The van der Waals surface area contributed by atoms with Crippen molar-refractivity contribution in [2.45, 2.75) is 38.1 Å². The summed E-state index contributed by atoms with van der Waals surface area (Å²) in [6.07, 6.45) is 7.41. The van der Waals surface area contributed by atoms with E-state index in [4.69, 9.17) is 0 Å². The molecule has 6 heteroatoms. The molecule has 2 saturated heterocycles. The van der Waals surface area contributed by atoms with Gasteiger partial charge in [0.15, 0.2) is 11.6 Å². The lowest BCUT2D eigenvalue weighted by Crippen LogP contribution is -2.56. The van der Waals surface area contributed by atoms with Crippen molar-refractivity contribution in [3.05, 3.63) is 41.5 Å². The van der Waals surface area contributed by atoms with Gasteiger partial charge in [-0.3, -0.25) is 9.59 Å². The predicted octanol–water partition coefficient (Wildman–Crippen LogP) is 3.23.